The van der Waals surface area contributed by atoms with E-state index in [1.165, 1.54) is 17.3 Å². The Hall–Kier alpha value is -2.88. The van der Waals surface area contributed by atoms with Gasteiger partial charge in [0.05, 0.1) is 11.3 Å². The molecule has 0 bridgehead atoms. The van der Waals surface area contributed by atoms with Crippen LogP contribution >= 0.6 is 23.4 Å². The summed E-state index contributed by atoms with van der Waals surface area (Å²) in [6.45, 7) is 1.66. The summed E-state index contributed by atoms with van der Waals surface area (Å²) in [4.78, 5) is 21.6. The van der Waals surface area contributed by atoms with Crippen LogP contribution in [0.3, 0.4) is 0 Å². The number of fused-ring (bicyclic) bond motifs is 2. The second-order valence-corrected chi connectivity index (χ2v) is 10.1. The fourth-order valence-corrected chi connectivity index (χ4v) is 6.19. The van der Waals surface area contributed by atoms with E-state index in [-0.39, 0.29) is 23.4 Å². The molecule has 1 atom stereocenters. The minimum Gasteiger partial charge on any atom is -0.382 e. The van der Waals surface area contributed by atoms with Crippen molar-refractivity contribution in [2.45, 2.75) is 35.1 Å². The summed E-state index contributed by atoms with van der Waals surface area (Å²) in [6, 6.07) is 5.90. The van der Waals surface area contributed by atoms with Crippen LogP contribution in [0.15, 0.2) is 59.0 Å². The number of nitrogens with zero attached hydrogens (tertiary/aromatic N) is 6. The van der Waals surface area contributed by atoms with E-state index in [1.54, 1.807) is 24.7 Å². The number of hydrogen-bond acceptors (Lipinski definition) is 8. The molecule has 0 radical (unpaired) electrons. The van der Waals surface area contributed by atoms with Crippen LogP contribution in [0.25, 0.3) is 5.65 Å². The molecular formula is C23H23ClN8S. The topological polar surface area (TPSA) is 111 Å². The third-order valence-corrected chi connectivity index (χ3v) is 8.48. The lowest BCUT2D eigenvalue weighted by atomic mass is 9.73. The van der Waals surface area contributed by atoms with Gasteiger partial charge in [0.2, 0.25) is 5.95 Å². The van der Waals surface area contributed by atoms with Crippen molar-refractivity contribution in [3.05, 3.63) is 65.4 Å². The SMILES string of the molecule is [2H]c1cn2c(N3CCC4(CC3)Cc3ncccc3[C@H]4N)ncc(Sc3ccnc(N)c3Cl)c2n1. The number of anilines is 2. The summed E-state index contributed by atoms with van der Waals surface area (Å²) in [5.74, 6) is 1.06. The minimum absolute atomic E-state index is 0.00994. The first-order chi connectivity index (χ1) is 16.4. The summed E-state index contributed by atoms with van der Waals surface area (Å²) in [6.07, 6.45) is 9.99. The van der Waals surface area contributed by atoms with Gasteiger partial charge in [-0.1, -0.05) is 29.4 Å². The van der Waals surface area contributed by atoms with Crippen molar-refractivity contribution in [3.63, 3.8) is 0 Å². The monoisotopic (exact) mass is 479 g/mol. The van der Waals surface area contributed by atoms with Crippen molar-refractivity contribution in [2.75, 3.05) is 23.7 Å². The Morgan fingerprint density at radius 2 is 1.97 bits per heavy atom. The smallest absolute Gasteiger partial charge is 0.211 e. The van der Waals surface area contributed by atoms with Gasteiger partial charge in [-0.25, -0.2) is 15.0 Å². The molecule has 6 rings (SSSR count). The second kappa shape index (κ2) is 7.86. The van der Waals surface area contributed by atoms with Crippen LogP contribution in [0.5, 0.6) is 0 Å². The highest BCUT2D eigenvalue weighted by molar-refractivity contribution is 7.99. The van der Waals surface area contributed by atoms with Crippen LogP contribution in [-0.4, -0.2) is 37.4 Å². The Kier molecular flexibility index (Phi) is 4.66. The number of imidazole rings is 1. The van der Waals surface area contributed by atoms with Crippen LogP contribution < -0.4 is 16.4 Å². The molecule has 4 aromatic heterocycles. The summed E-state index contributed by atoms with van der Waals surface area (Å²) in [7, 11) is 0. The van der Waals surface area contributed by atoms with Gasteiger partial charge in [0.15, 0.2) is 5.65 Å². The molecule has 4 aromatic rings. The number of piperidine rings is 1. The molecule has 8 nitrogen and oxygen atoms in total. The van der Waals surface area contributed by atoms with E-state index in [2.05, 4.69) is 25.9 Å². The Bertz CT molecular complexity index is 1400. The van der Waals surface area contributed by atoms with Gasteiger partial charge in [0.25, 0.3) is 0 Å². The zero-order valence-corrected chi connectivity index (χ0v) is 19.4. The van der Waals surface area contributed by atoms with Gasteiger partial charge in [-0.2, -0.15) is 0 Å². The summed E-state index contributed by atoms with van der Waals surface area (Å²) < 4.78 is 10.0. The molecule has 10 heteroatoms. The third kappa shape index (κ3) is 3.34. The lowest BCUT2D eigenvalue weighted by molar-refractivity contribution is 0.186. The molecule has 0 aromatic carbocycles. The summed E-state index contributed by atoms with van der Waals surface area (Å²) in [5.41, 5.74) is 15.6. The Morgan fingerprint density at radius 1 is 1.12 bits per heavy atom. The first kappa shape index (κ1) is 19.6. The van der Waals surface area contributed by atoms with E-state index in [0.29, 0.717) is 10.7 Å². The van der Waals surface area contributed by atoms with E-state index in [4.69, 9.17) is 29.4 Å². The van der Waals surface area contributed by atoms with Crippen molar-refractivity contribution < 1.29 is 1.37 Å². The fraction of sp³-hybridized carbons (Fsp3) is 0.304. The van der Waals surface area contributed by atoms with Gasteiger partial charge in [0.1, 0.15) is 5.82 Å². The van der Waals surface area contributed by atoms with E-state index in [9.17, 15) is 0 Å². The maximum absolute atomic E-state index is 8.15. The first-order valence-electron chi connectivity index (χ1n) is 11.3. The Morgan fingerprint density at radius 3 is 2.79 bits per heavy atom. The van der Waals surface area contributed by atoms with Gasteiger partial charge in [-0.3, -0.25) is 9.38 Å². The molecule has 33 heavy (non-hydrogen) atoms. The maximum atomic E-state index is 8.15. The number of halogens is 1. The normalized spacial score (nSPS) is 19.8. The van der Waals surface area contributed by atoms with Crippen LogP contribution in [-0.2, 0) is 6.42 Å². The number of rotatable bonds is 3. The van der Waals surface area contributed by atoms with Crippen LogP contribution in [0.4, 0.5) is 11.8 Å². The zero-order chi connectivity index (χ0) is 23.4. The van der Waals surface area contributed by atoms with Crippen molar-refractivity contribution in [1.29, 1.82) is 0 Å². The number of nitrogens with two attached hydrogens (primary N) is 2. The second-order valence-electron chi connectivity index (χ2n) is 8.64. The molecule has 1 aliphatic carbocycles. The molecule has 2 aliphatic rings. The fourth-order valence-electron chi connectivity index (χ4n) is 5.06. The molecule has 0 amide bonds. The lowest BCUT2D eigenvalue weighted by Crippen LogP contribution is -2.45. The van der Waals surface area contributed by atoms with Crippen molar-refractivity contribution in [3.8, 4) is 0 Å². The molecule has 0 saturated carbocycles. The van der Waals surface area contributed by atoms with E-state index in [0.717, 1.165) is 53.8 Å². The zero-order valence-electron chi connectivity index (χ0n) is 18.8. The highest BCUT2D eigenvalue weighted by atomic mass is 35.5. The molecule has 1 aliphatic heterocycles. The van der Waals surface area contributed by atoms with Gasteiger partial charge >= 0.3 is 0 Å². The van der Waals surface area contributed by atoms with E-state index < -0.39 is 0 Å². The highest BCUT2D eigenvalue weighted by Crippen LogP contribution is 2.50. The first-order valence-corrected chi connectivity index (χ1v) is 12.0. The number of hydrogen-bond donors (Lipinski definition) is 2. The maximum Gasteiger partial charge on any atom is 0.211 e. The van der Waals surface area contributed by atoms with E-state index >= 15 is 0 Å². The van der Waals surface area contributed by atoms with Crippen LogP contribution in [0.1, 0.15) is 31.5 Å². The van der Waals surface area contributed by atoms with Gasteiger partial charge in [0, 0.05) is 60.7 Å². The standard InChI is InChI=1S/C23H23ClN8S/c24-18-16(3-7-28-20(18)26)33-17-13-30-22(32-11-8-29-21(17)32)31-9-4-23(5-10-31)12-15-14(19(23)25)2-1-6-27-15/h1-3,6-8,11,13,19H,4-5,9-10,12,25H2,(H2,26,28)/t19-/m1/s1/i8D. The molecule has 1 fully saturated rings. The van der Waals surface area contributed by atoms with Crippen molar-refractivity contribution in [2.24, 2.45) is 11.1 Å². The number of pyridine rings is 2. The van der Waals surface area contributed by atoms with E-state index in [1.807, 2.05) is 16.7 Å². The molecule has 4 N–H and O–H groups in total. The number of nitrogen functional groups attached to an aromatic ring is 1. The average molecular weight is 480 g/mol. The van der Waals surface area contributed by atoms with Gasteiger partial charge in [-0.15, -0.1) is 0 Å². The van der Waals surface area contributed by atoms with Gasteiger partial charge < -0.3 is 16.4 Å². The Labute approximate surface area is 201 Å². The quantitative estimate of drug-likeness (QED) is 0.457. The minimum atomic E-state index is 0.00994. The molecular weight excluding hydrogens is 456 g/mol. The van der Waals surface area contributed by atoms with Crippen LogP contribution in [0.2, 0.25) is 5.02 Å². The predicted molar refractivity (Wildman–Crippen MR) is 130 cm³/mol. The molecule has 168 valence electrons. The molecule has 1 spiro atoms. The predicted octanol–water partition coefficient (Wildman–Crippen LogP) is 3.75. The summed E-state index contributed by atoms with van der Waals surface area (Å²) in [5, 5.41) is 0.400. The molecule has 1 saturated heterocycles. The molecule has 0 unspecified atom stereocenters. The van der Waals surface area contributed by atoms with Crippen molar-refractivity contribution >= 4 is 40.8 Å². The largest absolute Gasteiger partial charge is 0.382 e. The third-order valence-electron chi connectivity index (χ3n) is 6.90. The van der Waals surface area contributed by atoms with Crippen molar-refractivity contribution in [1.82, 2.24) is 24.3 Å². The van der Waals surface area contributed by atoms with Crippen LogP contribution in [0, 0.1) is 5.41 Å². The molecule has 5 heterocycles. The highest BCUT2D eigenvalue weighted by Gasteiger charge is 2.46. The lowest BCUT2D eigenvalue weighted by Gasteiger charge is -2.42. The average Bonchev–Trinajstić information content (AvgIpc) is 3.36. The van der Waals surface area contributed by atoms with Gasteiger partial charge in [-0.05, 0) is 42.4 Å². The number of aromatic nitrogens is 5. The summed E-state index contributed by atoms with van der Waals surface area (Å²) >= 11 is 7.75. The Balaban J connectivity index is 1.28.